The normalized spacial score (nSPS) is 22.9. The molecule has 1 aliphatic heterocycles. The minimum Gasteiger partial charge on any atom is -0.316 e. The summed E-state index contributed by atoms with van der Waals surface area (Å²) in [7, 11) is 6.42. The largest absolute Gasteiger partial charge is 0.316 e. The molecule has 0 aromatic rings. The van der Waals surface area contributed by atoms with Crippen molar-refractivity contribution in [3.8, 4) is 0 Å². The zero-order chi connectivity index (χ0) is 10.6. The number of nitrogens with one attached hydrogen (secondary N) is 1. The number of likely N-dealkylation sites (tertiary alicyclic amines) is 1. The van der Waals surface area contributed by atoms with Crippen molar-refractivity contribution in [3.63, 3.8) is 0 Å². The van der Waals surface area contributed by atoms with Crippen LogP contribution in [0, 0.1) is 0 Å². The van der Waals surface area contributed by atoms with Crippen molar-refractivity contribution >= 4 is 0 Å². The van der Waals surface area contributed by atoms with Gasteiger partial charge in [0.2, 0.25) is 0 Å². The number of rotatable bonds is 4. The van der Waals surface area contributed by atoms with Gasteiger partial charge in [-0.3, -0.25) is 0 Å². The summed E-state index contributed by atoms with van der Waals surface area (Å²) in [6.45, 7) is 5.96. The van der Waals surface area contributed by atoms with Crippen LogP contribution in [0.25, 0.3) is 0 Å². The first kappa shape index (κ1) is 12.0. The highest BCUT2D eigenvalue weighted by molar-refractivity contribution is 4.78. The maximum Gasteiger partial charge on any atom is 0.0163 e. The van der Waals surface area contributed by atoms with Gasteiger partial charge in [-0.15, -0.1) is 0 Å². The first-order valence-electron chi connectivity index (χ1n) is 5.69. The molecule has 1 fully saturated rings. The quantitative estimate of drug-likeness (QED) is 0.716. The van der Waals surface area contributed by atoms with E-state index in [4.69, 9.17) is 0 Å². The number of nitrogens with zero attached hydrogens (tertiary/aromatic N) is 2. The second-order valence-corrected chi connectivity index (χ2v) is 4.69. The highest BCUT2D eigenvalue weighted by Crippen LogP contribution is 2.13. The van der Waals surface area contributed by atoms with Crippen molar-refractivity contribution in [2.24, 2.45) is 0 Å². The molecule has 0 spiro atoms. The van der Waals surface area contributed by atoms with E-state index in [1.807, 2.05) is 7.05 Å². The molecule has 0 amide bonds. The molecule has 0 aliphatic carbocycles. The Balaban J connectivity index is 2.22. The summed E-state index contributed by atoms with van der Waals surface area (Å²) >= 11 is 0. The van der Waals surface area contributed by atoms with Crippen molar-refractivity contribution < 1.29 is 0 Å². The van der Waals surface area contributed by atoms with Gasteiger partial charge in [0.05, 0.1) is 0 Å². The van der Waals surface area contributed by atoms with E-state index in [2.05, 4.69) is 36.1 Å². The molecule has 1 saturated heterocycles. The van der Waals surface area contributed by atoms with Gasteiger partial charge < -0.3 is 15.1 Å². The van der Waals surface area contributed by atoms with E-state index in [1.165, 1.54) is 32.5 Å². The Labute approximate surface area is 88.5 Å². The van der Waals surface area contributed by atoms with Gasteiger partial charge in [0.15, 0.2) is 0 Å². The maximum absolute atomic E-state index is 3.29. The van der Waals surface area contributed by atoms with Crippen molar-refractivity contribution in [2.75, 3.05) is 40.8 Å². The van der Waals surface area contributed by atoms with Gasteiger partial charge in [-0.1, -0.05) is 0 Å². The summed E-state index contributed by atoms with van der Waals surface area (Å²) in [6.07, 6.45) is 2.65. The molecule has 1 rings (SSSR count). The molecule has 0 saturated carbocycles. The highest BCUT2D eigenvalue weighted by Gasteiger charge is 2.20. The average molecular weight is 199 g/mol. The molecule has 0 aromatic carbocycles. The van der Waals surface area contributed by atoms with E-state index in [-0.39, 0.29) is 0 Å². The van der Waals surface area contributed by atoms with Crippen LogP contribution in [-0.2, 0) is 0 Å². The van der Waals surface area contributed by atoms with E-state index >= 15 is 0 Å². The molecule has 0 radical (unpaired) electrons. The maximum atomic E-state index is 3.29. The van der Waals surface area contributed by atoms with Crippen molar-refractivity contribution in [1.82, 2.24) is 15.1 Å². The predicted octanol–water partition coefficient (Wildman–Crippen LogP) is 0.620. The Morgan fingerprint density at radius 3 is 2.36 bits per heavy atom. The third kappa shape index (κ3) is 3.56. The van der Waals surface area contributed by atoms with Gasteiger partial charge in [-0.05, 0) is 54.0 Å². The van der Waals surface area contributed by atoms with Crippen molar-refractivity contribution in [3.05, 3.63) is 0 Å². The lowest BCUT2D eigenvalue weighted by Crippen LogP contribution is -2.46. The molecule has 1 N–H and O–H groups in total. The van der Waals surface area contributed by atoms with Crippen LogP contribution in [0.5, 0.6) is 0 Å². The molecule has 1 heterocycles. The summed E-state index contributed by atoms with van der Waals surface area (Å²) in [5.74, 6) is 0. The fourth-order valence-corrected chi connectivity index (χ4v) is 2.10. The lowest BCUT2D eigenvalue weighted by atomic mass is 10.0. The number of hydrogen-bond acceptors (Lipinski definition) is 3. The fraction of sp³-hybridized carbons (Fsp3) is 1.00. The fourth-order valence-electron chi connectivity index (χ4n) is 2.10. The molecule has 14 heavy (non-hydrogen) atoms. The standard InChI is InChI=1S/C11H25N3/c1-10(12-2)9-14-7-5-11(6-8-14)13(3)4/h10-12H,5-9H2,1-4H3. The molecular weight excluding hydrogens is 174 g/mol. The Morgan fingerprint density at radius 2 is 1.93 bits per heavy atom. The van der Waals surface area contributed by atoms with Crippen LogP contribution in [0.2, 0.25) is 0 Å². The van der Waals surface area contributed by atoms with Crippen molar-refractivity contribution in [1.29, 1.82) is 0 Å². The summed E-state index contributed by atoms with van der Waals surface area (Å²) in [5, 5.41) is 3.29. The average Bonchev–Trinajstić information content (AvgIpc) is 2.18. The number of piperidine rings is 1. The molecule has 84 valence electrons. The SMILES string of the molecule is CNC(C)CN1CCC(N(C)C)CC1. The zero-order valence-electron chi connectivity index (χ0n) is 10.1. The first-order chi connectivity index (χ1) is 6.63. The minimum absolute atomic E-state index is 0.617. The second kappa shape index (κ2) is 5.69. The van der Waals surface area contributed by atoms with Crippen LogP contribution in [-0.4, -0.2) is 62.7 Å². The van der Waals surface area contributed by atoms with Gasteiger partial charge in [0.1, 0.15) is 0 Å². The minimum atomic E-state index is 0.617. The zero-order valence-corrected chi connectivity index (χ0v) is 10.1. The van der Waals surface area contributed by atoms with Gasteiger partial charge in [0, 0.05) is 18.6 Å². The van der Waals surface area contributed by atoms with E-state index in [9.17, 15) is 0 Å². The van der Waals surface area contributed by atoms with Gasteiger partial charge in [-0.2, -0.15) is 0 Å². The molecule has 0 aromatic heterocycles. The molecule has 1 aliphatic rings. The van der Waals surface area contributed by atoms with Crippen LogP contribution in [0.3, 0.4) is 0 Å². The highest BCUT2D eigenvalue weighted by atomic mass is 15.2. The summed E-state index contributed by atoms with van der Waals surface area (Å²) < 4.78 is 0. The lowest BCUT2D eigenvalue weighted by Gasteiger charge is -2.36. The molecule has 3 nitrogen and oxygen atoms in total. The predicted molar refractivity (Wildman–Crippen MR) is 61.7 cm³/mol. The van der Waals surface area contributed by atoms with E-state index < -0.39 is 0 Å². The van der Waals surface area contributed by atoms with Gasteiger partial charge in [-0.25, -0.2) is 0 Å². The van der Waals surface area contributed by atoms with Crippen LogP contribution in [0.1, 0.15) is 19.8 Å². The van der Waals surface area contributed by atoms with Crippen LogP contribution in [0.15, 0.2) is 0 Å². The summed E-state index contributed by atoms with van der Waals surface area (Å²) in [6, 6.07) is 1.42. The van der Waals surface area contributed by atoms with E-state index in [1.54, 1.807) is 0 Å². The van der Waals surface area contributed by atoms with Gasteiger partial charge >= 0.3 is 0 Å². The van der Waals surface area contributed by atoms with E-state index in [0.717, 1.165) is 6.04 Å². The Hall–Kier alpha value is -0.120. The molecule has 1 unspecified atom stereocenters. The Kier molecular flexibility index (Phi) is 4.85. The van der Waals surface area contributed by atoms with Crippen LogP contribution in [0.4, 0.5) is 0 Å². The molecule has 0 bridgehead atoms. The van der Waals surface area contributed by atoms with Crippen LogP contribution >= 0.6 is 0 Å². The number of hydrogen-bond donors (Lipinski definition) is 1. The van der Waals surface area contributed by atoms with E-state index in [0.29, 0.717) is 6.04 Å². The monoisotopic (exact) mass is 199 g/mol. The smallest absolute Gasteiger partial charge is 0.0163 e. The second-order valence-electron chi connectivity index (χ2n) is 4.69. The topological polar surface area (TPSA) is 18.5 Å². The summed E-state index contributed by atoms with van der Waals surface area (Å²) in [4.78, 5) is 4.93. The molecule has 1 atom stereocenters. The van der Waals surface area contributed by atoms with Crippen LogP contribution < -0.4 is 5.32 Å². The third-order valence-corrected chi connectivity index (χ3v) is 3.31. The molecule has 3 heteroatoms. The summed E-state index contributed by atoms with van der Waals surface area (Å²) in [5.41, 5.74) is 0. The first-order valence-corrected chi connectivity index (χ1v) is 5.69. The molecular formula is C11H25N3. The van der Waals surface area contributed by atoms with Gasteiger partial charge in [0.25, 0.3) is 0 Å². The third-order valence-electron chi connectivity index (χ3n) is 3.31. The van der Waals surface area contributed by atoms with Crippen molar-refractivity contribution in [2.45, 2.75) is 31.8 Å². The lowest BCUT2D eigenvalue weighted by molar-refractivity contribution is 0.138. The Bertz CT molecular complexity index is 151. The number of likely N-dealkylation sites (N-methyl/N-ethyl adjacent to an activating group) is 1. The Morgan fingerprint density at radius 1 is 1.36 bits per heavy atom.